The Morgan fingerprint density at radius 1 is 1.60 bits per heavy atom. The van der Waals surface area contributed by atoms with Crippen LogP contribution in [0.5, 0.6) is 0 Å². The third kappa shape index (κ3) is 5.15. The van der Waals surface area contributed by atoms with Gasteiger partial charge in [0.25, 0.3) is 0 Å². The normalized spacial score (nSPS) is 13.0. The van der Waals surface area contributed by atoms with E-state index in [4.69, 9.17) is 5.73 Å². The topological polar surface area (TPSA) is 50.4 Å². The lowest BCUT2D eigenvalue weighted by atomic mass is 10.4. The van der Waals surface area contributed by atoms with Crippen LogP contribution < -0.4 is 11.1 Å². The second kappa shape index (κ2) is 4.85. The minimum atomic E-state index is 0.420. The van der Waals surface area contributed by atoms with E-state index in [-0.39, 0.29) is 0 Å². The Kier molecular flexibility index (Phi) is 4.37. The largest absolute Gasteiger partial charge is 0.396 e. The first kappa shape index (κ1) is 9.01. The summed E-state index contributed by atoms with van der Waals surface area (Å²) in [5, 5.41) is 3.05. The first-order valence-electron chi connectivity index (χ1n) is 3.30. The fourth-order valence-corrected chi connectivity index (χ4v) is 0.449. The van der Waals surface area contributed by atoms with E-state index >= 15 is 0 Å². The summed E-state index contributed by atoms with van der Waals surface area (Å²) < 4.78 is 0. The minimum absolute atomic E-state index is 0.420. The second-order valence-electron chi connectivity index (χ2n) is 2.35. The summed E-state index contributed by atoms with van der Waals surface area (Å²) in [4.78, 5) is 3.76. The van der Waals surface area contributed by atoms with Gasteiger partial charge in [0.15, 0.2) is 0 Å². The molecule has 0 atom stereocenters. The van der Waals surface area contributed by atoms with Crippen molar-refractivity contribution in [2.45, 2.75) is 19.9 Å². The van der Waals surface area contributed by atoms with Gasteiger partial charge in [0.05, 0.1) is 5.70 Å². The lowest BCUT2D eigenvalue weighted by molar-refractivity contribution is 0.700. The van der Waals surface area contributed by atoms with E-state index in [0.717, 1.165) is 0 Å². The van der Waals surface area contributed by atoms with Gasteiger partial charge in [-0.25, -0.2) is 0 Å². The molecule has 0 saturated carbocycles. The smallest absolute Gasteiger partial charge is 0.0654 e. The summed E-state index contributed by atoms with van der Waals surface area (Å²) in [6.07, 6.45) is 3.35. The molecule has 0 radical (unpaired) electrons. The Morgan fingerprint density at radius 2 is 2.20 bits per heavy atom. The molecule has 3 N–H and O–H groups in total. The molecule has 10 heavy (non-hydrogen) atoms. The monoisotopic (exact) mass is 141 g/mol. The van der Waals surface area contributed by atoms with Crippen molar-refractivity contribution in [1.82, 2.24) is 5.32 Å². The summed E-state index contributed by atoms with van der Waals surface area (Å²) in [6.45, 7) is 4.10. The Bertz CT molecular complexity index is 136. The molecule has 0 saturated heterocycles. The van der Waals surface area contributed by atoms with Gasteiger partial charge in [-0.1, -0.05) is 0 Å². The molecule has 3 nitrogen and oxygen atoms in total. The first-order chi connectivity index (χ1) is 4.66. The van der Waals surface area contributed by atoms with Crippen molar-refractivity contribution >= 4 is 6.21 Å². The second-order valence-corrected chi connectivity index (χ2v) is 2.35. The Labute approximate surface area is 62.0 Å². The fraction of sp³-hybridized carbons (Fsp3) is 0.571. The molecule has 0 fully saturated rings. The van der Waals surface area contributed by atoms with Gasteiger partial charge in [-0.2, -0.15) is 0 Å². The Morgan fingerprint density at radius 3 is 2.60 bits per heavy atom. The zero-order chi connectivity index (χ0) is 7.98. The molecule has 0 heterocycles. The molecule has 0 unspecified atom stereocenters. The first-order valence-corrected chi connectivity index (χ1v) is 3.30. The molecular weight excluding hydrogens is 126 g/mol. The van der Waals surface area contributed by atoms with E-state index in [1.807, 2.05) is 13.8 Å². The number of nitrogens with zero attached hydrogens (tertiary/aromatic N) is 1. The summed E-state index contributed by atoms with van der Waals surface area (Å²) in [5.74, 6) is 0. The van der Waals surface area contributed by atoms with Crippen LogP contribution in [0, 0.1) is 0 Å². The summed E-state index contributed by atoms with van der Waals surface area (Å²) in [5.41, 5.74) is 6.13. The molecule has 0 rings (SSSR count). The average Bonchev–Trinajstić information content (AvgIpc) is 1.85. The van der Waals surface area contributed by atoms with Gasteiger partial charge in [0.2, 0.25) is 0 Å². The number of rotatable bonds is 3. The molecule has 0 spiro atoms. The van der Waals surface area contributed by atoms with Gasteiger partial charge in [-0.05, 0) is 13.8 Å². The zero-order valence-corrected chi connectivity index (χ0v) is 6.76. The third-order valence-corrected chi connectivity index (χ3v) is 0.862. The highest BCUT2D eigenvalue weighted by Crippen LogP contribution is 1.79. The molecule has 3 heteroatoms. The Hall–Kier alpha value is -0.990. The molecule has 58 valence electrons. The number of aliphatic imine (C=N–C) groups is 1. The number of allylic oxidation sites excluding steroid dienone is 1. The molecule has 0 amide bonds. The van der Waals surface area contributed by atoms with Crippen LogP contribution >= 0.6 is 0 Å². The third-order valence-electron chi connectivity index (χ3n) is 0.862. The van der Waals surface area contributed by atoms with Crippen LogP contribution in [0.4, 0.5) is 0 Å². The van der Waals surface area contributed by atoms with Crippen molar-refractivity contribution in [3.05, 3.63) is 11.9 Å². The number of nitrogens with two attached hydrogens (primary N) is 1. The maximum atomic E-state index is 5.48. The molecule has 0 aromatic heterocycles. The van der Waals surface area contributed by atoms with Crippen molar-refractivity contribution in [1.29, 1.82) is 0 Å². The summed E-state index contributed by atoms with van der Waals surface area (Å²) in [7, 11) is 1.69. The molecular formula is C7H15N3. The van der Waals surface area contributed by atoms with Gasteiger partial charge in [0.1, 0.15) is 0 Å². The highest BCUT2D eigenvalue weighted by atomic mass is 14.9. The molecule has 0 aliphatic carbocycles. The van der Waals surface area contributed by atoms with Crippen LogP contribution in [0.15, 0.2) is 16.9 Å². The molecule has 0 aliphatic heterocycles. The van der Waals surface area contributed by atoms with Crippen molar-refractivity contribution in [2.75, 3.05) is 7.05 Å². The zero-order valence-electron chi connectivity index (χ0n) is 6.76. The highest BCUT2D eigenvalue weighted by Gasteiger charge is 1.85. The van der Waals surface area contributed by atoms with Gasteiger partial charge < -0.3 is 11.1 Å². The predicted molar refractivity (Wildman–Crippen MR) is 45.0 cm³/mol. The van der Waals surface area contributed by atoms with Gasteiger partial charge in [-0.15, -0.1) is 0 Å². The molecule has 0 aromatic rings. The average molecular weight is 141 g/mol. The predicted octanol–water partition coefficient (Wildman–Crippen LogP) is 0.485. The van der Waals surface area contributed by atoms with E-state index in [9.17, 15) is 0 Å². The van der Waals surface area contributed by atoms with Crippen LogP contribution in [-0.2, 0) is 0 Å². The van der Waals surface area contributed by atoms with Crippen molar-refractivity contribution in [3.63, 3.8) is 0 Å². The summed E-state index contributed by atoms with van der Waals surface area (Å²) in [6, 6.07) is 0.420. The van der Waals surface area contributed by atoms with Crippen molar-refractivity contribution < 1.29 is 0 Å². The summed E-state index contributed by atoms with van der Waals surface area (Å²) >= 11 is 0. The molecule has 0 aromatic carbocycles. The van der Waals surface area contributed by atoms with E-state index < -0.39 is 0 Å². The van der Waals surface area contributed by atoms with Crippen LogP contribution in [0.1, 0.15) is 13.8 Å². The highest BCUT2D eigenvalue weighted by molar-refractivity contribution is 5.76. The van der Waals surface area contributed by atoms with Crippen molar-refractivity contribution in [3.8, 4) is 0 Å². The van der Waals surface area contributed by atoms with E-state index in [1.165, 1.54) is 0 Å². The van der Waals surface area contributed by atoms with E-state index in [0.29, 0.717) is 11.7 Å². The van der Waals surface area contributed by atoms with Crippen LogP contribution in [-0.4, -0.2) is 19.3 Å². The number of nitrogens with one attached hydrogen (secondary N) is 1. The van der Waals surface area contributed by atoms with Crippen LogP contribution in [0.2, 0.25) is 0 Å². The molecule has 0 aliphatic rings. The molecule has 0 bridgehead atoms. The van der Waals surface area contributed by atoms with Crippen LogP contribution in [0.3, 0.4) is 0 Å². The maximum Gasteiger partial charge on any atom is 0.0654 e. The minimum Gasteiger partial charge on any atom is -0.396 e. The maximum absolute atomic E-state index is 5.48. The quantitative estimate of drug-likeness (QED) is 0.562. The standard InChI is InChI=1S/C7H15N3/c1-6(2)10-5-7(8)4-9-3/h4-6,10H,8H2,1-3H3. The van der Waals surface area contributed by atoms with Crippen molar-refractivity contribution in [2.24, 2.45) is 10.7 Å². The van der Waals surface area contributed by atoms with Gasteiger partial charge in [0, 0.05) is 25.5 Å². The van der Waals surface area contributed by atoms with E-state index in [2.05, 4.69) is 10.3 Å². The SMILES string of the molecule is CN=CC(N)=CNC(C)C. The van der Waals surface area contributed by atoms with Crippen LogP contribution in [0.25, 0.3) is 0 Å². The lowest BCUT2D eigenvalue weighted by Gasteiger charge is -2.03. The number of hydrogen-bond acceptors (Lipinski definition) is 3. The van der Waals surface area contributed by atoms with Gasteiger partial charge in [-0.3, -0.25) is 4.99 Å². The fourth-order valence-electron chi connectivity index (χ4n) is 0.449. The Balaban J connectivity index is 3.68. The van der Waals surface area contributed by atoms with Gasteiger partial charge >= 0.3 is 0 Å². The van der Waals surface area contributed by atoms with E-state index in [1.54, 1.807) is 19.5 Å². The lowest BCUT2D eigenvalue weighted by Crippen LogP contribution is -2.18. The number of hydrogen-bond donors (Lipinski definition) is 2.